The van der Waals surface area contributed by atoms with Gasteiger partial charge in [-0.15, -0.1) is 0 Å². The summed E-state index contributed by atoms with van der Waals surface area (Å²) in [5.74, 6) is -1.25. The van der Waals surface area contributed by atoms with Crippen molar-refractivity contribution in [1.29, 1.82) is 0 Å². The van der Waals surface area contributed by atoms with Crippen molar-refractivity contribution in [1.82, 2.24) is 8.61 Å². The molecule has 8 heteroatoms. The molecule has 1 atom stereocenters. The molecule has 2 heterocycles. The van der Waals surface area contributed by atoms with Gasteiger partial charge in [-0.2, -0.15) is 17.0 Å². The van der Waals surface area contributed by atoms with Crippen LogP contribution in [0.25, 0.3) is 0 Å². The lowest BCUT2D eigenvalue weighted by Crippen LogP contribution is -2.52. The van der Waals surface area contributed by atoms with E-state index in [1.54, 1.807) is 0 Å². The fourth-order valence-corrected chi connectivity index (χ4v) is 4.70. The van der Waals surface area contributed by atoms with Gasteiger partial charge in [-0.05, 0) is 32.6 Å². The van der Waals surface area contributed by atoms with E-state index in [1.807, 2.05) is 6.92 Å². The first kappa shape index (κ1) is 16.7. The van der Waals surface area contributed by atoms with Gasteiger partial charge in [-0.3, -0.25) is 4.79 Å². The second-order valence-electron chi connectivity index (χ2n) is 5.60. The maximum Gasteiger partial charge on any atom is 0.306 e. The quantitative estimate of drug-likeness (QED) is 0.798. The van der Waals surface area contributed by atoms with Crippen LogP contribution in [0.15, 0.2) is 0 Å². The van der Waals surface area contributed by atoms with Gasteiger partial charge in [-0.25, -0.2) is 0 Å². The van der Waals surface area contributed by atoms with E-state index in [9.17, 15) is 13.2 Å². The van der Waals surface area contributed by atoms with Crippen molar-refractivity contribution in [2.75, 3.05) is 32.8 Å². The molecule has 0 aromatic heterocycles. The molecule has 2 aliphatic rings. The molecule has 0 radical (unpaired) electrons. The van der Waals surface area contributed by atoms with E-state index in [-0.39, 0.29) is 19.2 Å². The van der Waals surface area contributed by atoms with E-state index in [0.29, 0.717) is 32.5 Å². The number of carboxylic acids is 1. The van der Waals surface area contributed by atoms with Crippen molar-refractivity contribution in [3.63, 3.8) is 0 Å². The zero-order valence-corrected chi connectivity index (χ0v) is 13.2. The Morgan fingerprint density at radius 3 is 2.43 bits per heavy atom. The average Bonchev–Trinajstić information content (AvgIpc) is 2.48. The van der Waals surface area contributed by atoms with Gasteiger partial charge in [0.05, 0.1) is 12.0 Å². The molecular formula is C13H24N2O5S. The van der Waals surface area contributed by atoms with Crippen molar-refractivity contribution in [2.45, 2.75) is 38.7 Å². The van der Waals surface area contributed by atoms with E-state index < -0.39 is 22.1 Å². The van der Waals surface area contributed by atoms with Gasteiger partial charge in [0.25, 0.3) is 10.2 Å². The number of piperidine rings is 2. The fraction of sp³-hybridized carbons (Fsp3) is 0.923. The van der Waals surface area contributed by atoms with E-state index in [0.717, 1.165) is 12.8 Å². The second-order valence-corrected chi connectivity index (χ2v) is 7.53. The maximum atomic E-state index is 12.6. The topological polar surface area (TPSA) is 87.2 Å². The SMILES string of the molecule is CCOC1CCCN(S(=O)(=O)N2CCC(C(=O)O)CC2)C1. The van der Waals surface area contributed by atoms with Crippen LogP contribution in [-0.4, -0.2) is 67.0 Å². The summed E-state index contributed by atoms with van der Waals surface area (Å²) in [7, 11) is -3.49. The van der Waals surface area contributed by atoms with Crippen LogP contribution in [0.1, 0.15) is 32.6 Å². The molecule has 0 amide bonds. The van der Waals surface area contributed by atoms with E-state index in [2.05, 4.69) is 0 Å². The molecule has 1 N–H and O–H groups in total. The minimum atomic E-state index is -3.49. The Labute approximate surface area is 126 Å². The van der Waals surface area contributed by atoms with Crippen molar-refractivity contribution >= 4 is 16.2 Å². The lowest BCUT2D eigenvalue weighted by molar-refractivity contribution is -0.142. The third-order valence-electron chi connectivity index (χ3n) is 4.20. The number of nitrogens with zero attached hydrogens (tertiary/aromatic N) is 2. The van der Waals surface area contributed by atoms with Gasteiger partial charge in [-0.1, -0.05) is 0 Å². The molecule has 7 nitrogen and oxygen atoms in total. The summed E-state index contributed by atoms with van der Waals surface area (Å²) < 4.78 is 33.7. The molecule has 0 aromatic carbocycles. The molecule has 122 valence electrons. The molecule has 0 aromatic rings. The Kier molecular flexibility index (Phi) is 5.59. The first-order valence-electron chi connectivity index (χ1n) is 7.54. The standard InChI is InChI=1S/C13H24N2O5S/c1-2-20-12-4-3-7-15(10-12)21(18,19)14-8-5-11(6-9-14)13(16)17/h11-12H,2-10H2,1H3,(H,16,17). The number of hydrogen-bond donors (Lipinski definition) is 1. The highest BCUT2D eigenvalue weighted by molar-refractivity contribution is 7.86. The minimum Gasteiger partial charge on any atom is -0.481 e. The highest BCUT2D eigenvalue weighted by atomic mass is 32.2. The summed E-state index contributed by atoms with van der Waals surface area (Å²) in [6.45, 7) is 3.98. The van der Waals surface area contributed by atoms with Crippen LogP contribution in [0.2, 0.25) is 0 Å². The van der Waals surface area contributed by atoms with Crippen LogP contribution < -0.4 is 0 Å². The van der Waals surface area contributed by atoms with Gasteiger partial charge in [0.15, 0.2) is 0 Å². The molecule has 2 aliphatic heterocycles. The zero-order chi connectivity index (χ0) is 15.5. The third-order valence-corrected chi connectivity index (χ3v) is 6.20. The molecule has 2 rings (SSSR count). The number of carboxylic acid groups (broad SMARTS) is 1. The first-order valence-corrected chi connectivity index (χ1v) is 8.94. The maximum absolute atomic E-state index is 12.6. The van der Waals surface area contributed by atoms with Gasteiger partial charge in [0.1, 0.15) is 0 Å². The van der Waals surface area contributed by atoms with E-state index in [1.165, 1.54) is 8.61 Å². The number of ether oxygens (including phenoxy) is 1. The molecule has 2 saturated heterocycles. The lowest BCUT2D eigenvalue weighted by Gasteiger charge is -2.37. The van der Waals surface area contributed by atoms with Crippen molar-refractivity contribution in [3.05, 3.63) is 0 Å². The molecular weight excluding hydrogens is 296 g/mol. The van der Waals surface area contributed by atoms with E-state index in [4.69, 9.17) is 9.84 Å². The summed E-state index contributed by atoms with van der Waals surface area (Å²) in [6.07, 6.45) is 2.43. The molecule has 0 bridgehead atoms. The van der Waals surface area contributed by atoms with Gasteiger partial charge in [0, 0.05) is 32.8 Å². The number of carbonyl (C=O) groups is 1. The monoisotopic (exact) mass is 320 g/mol. The van der Waals surface area contributed by atoms with Crippen LogP contribution in [0.3, 0.4) is 0 Å². The normalized spacial score (nSPS) is 26.8. The minimum absolute atomic E-state index is 0.0323. The van der Waals surface area contributed by atoms with E-state index >= 15 is 0 Å². The number of aliphatic carboxylic acids is 1. The van der Waals surface area contributed by atoms with Crippen LogP contribution in [0.4, 0.5) is 0 Å². The largest absolute Gasteiger partial charge is 0.481 e. The molecule has 2 fully saturated rings. The zero-order valence-electron chi connectivity index (χ0n) is 12.4. The summed E-state index contributed by atoms with van der Waals surface area (Å²) in [4.78, 5) is 10.9. The fourth-order valence-electron chi connectivity index (χ4n) is 2.98. The third kappa shape index (κ3) is 3.94. The summed E-state index contributed by atoms with van der Waals surface area (Å²) in [5.41, 5.74) is 0. The van der Waals surface area contributed by atoms with Crippen LogP contribution in [0, 0.1) is 5.92 Å². The Hall–Kier alpha value is -0.700. The average molecular weight is 320 g/mol. The Balaban J connectivity index is 1.97. The summed E-state index contributed by atoms with van der Waals surface area (Å²) in [6, 6.07) is 0. The first-order chi connectivity index (χ1) is 9.95. The molecule has 0 aliphatic carbocycles. The predicted molar refractivity (Wildman–Crippen MR) is 77.1 cm³/mol. The van der Waals surface area contributed by atoms with Crippen molar-refractivity contribution < 1.29 is 23.1 Å². The molecule has 1 unspecified atom stereocenters. The van der Waals surface area contributed by atoms with Crippen LogP contribution >= 0.6 is 0 Å². The lowest BCUT2D eigenvalue weighted by atomic mass is 9.99. The molecule has 21 heavy (non-hydrogen) atoms. The number of hydrogen-bond acceptors (Lipinski definition) is 4. The molecule has 0 spiro atoms. The Morgan fingerprint density at radius 2 is 1.86 bits per heavy atom. The highest BCUT2D eigenvalue weighted by Crippen LogP contribution is 2.24. The van der Waals surface area contributed by atoms with Crippen molar-refractivity contribution in [3.8, 4) is 0 Å². The predicted octanol–water partition coefficient (Wildman–Crippen LogP) is 0.529. The van der Waals surface area contributed by atoms with Gasteiger partial charge < -0.3 is 9.84 Å². The smallest absolute Gasteiger partial charge is 0.306 e. The van der Waals surface area contributed by atoms with Crippen LogP contribution in [0.5, 0.6) is 0 Å². The Morgan fingerprint density at radius 1 is 1.19 bits per heavy atom. The number of rotatable bonds is 5. The summed E-state index contributed by atoms with van der Waals surface area (Å²) in [5, 5.41) is 8.97. The van der Waals surface area contributed by atoms with Crippen LogP contribution in [-0.2, 0) is 19.7 Å². The summed E-state index contributed by atoms with van der Waals surface area (Å²) >= 11 is 0. The van der Waals surface area contributed by atoms with Gasteiger partial charge in [0.2, 0.25) is 0 Å². The second kappa shape index (κ2) is 7.04. The Bertz CT molecular complexity index is 457. The molecule has 0 saturated carbocycles. The highest BCUT2D eigenvalue weighted by Gasteiger charge is 2.37. The van der Waals surface area contributed by atoms with Gasteiger partial charge >= 0.3 is 5.97 Å². The van der Waals surface area contributed by atoms with Crippen molar-refractivity contribution in [2.24, 2.45) is 5.92 Å².